The molecule has 18 heavy (non-hydrogen) atoms. The van der Waals surface area contributed by atoms with Gasteiger partial charge in [0.2, 0.25) is 0 Å². The Hall–Kier alpha value is -1.77. The summed E-state index contributed by atoms with van der Waals surface area (Å²) in [5.74, 6) is 1.19. The Bertz CT molecular complexity index is 540. The summed E-state index contributed by atoms with van der Waals surface area (Å²) in [6, 6.07) is 7.51. The van der Waals surface area contributed by atoms with Gasteiger partial charge in [-0.3, -0.25) is 4.79 Å². The molecule has 0 spiro atoms. The second-order valence-corrected chi connectivity index (χ2v) is 4.31. The van der Waals surface area contributed by atoms with Gasteiger partial charge in [0.25, 0.3) is 0 Å². The van der Waals surface area contributed by atoms with E-state index in [9.17, 15) is 4.79 Å². The summed E-state index contributed by atoms with van der Waals surface area (Å²) in [6.45, 7) is 4.69. The van der Waals surface area contributed by atoms with Crippen molar-refractivity contribution in [2.45, 2.75) is 33.1 Å². The quantitative estimate of drug-likeness (QED) is 0.717. The molecule has 1 heterocycles. The summed E-state index contributed by atoms with van der Waals surface area (Å²) >= 11 is 0. The standard InChI is InChI=1S/C15H18O3/c1-3-6-12(16)14-10-11-7-5-8-13(15(11)18-14)17-9-4-2/h5,7-8,10H,3-4,6,9H2,1-2H3. The molecule has 0 saturated heterocycles. The topological polar surface area (TPSA) is 39.4 Å². The zero-order valence-corrected chi connectivity index (χ0v) is 10.9. The molecular weight excluding hydrogens is 228 g/mol. The van der Waals surface area contributed by atoms with Gasteiger partial charge < -0.3 is 9.15 Å². The summed E-state index contributed by atoms with van der Waals surface area (Å²) in [5.41, 5.74) is 0.672. The summed E-state index contributed by atoms with van der Waals surface area (Å²) in [5, 5.41) is 0.919. The SMILES string of the molecule is CCCOc1cccc2cc(C(=O)CCC)oc12. The van der Waals surface area contributed by atoms with Gasteiger partial charge in [0.05, 0.1) is 6.61 Å². The molecule has 2 aromatic rings. The predicted octanol–water partition coefficient (Wildman–Crippen LogP) is 4.20. The van der Waals surface area contributed by atoms with Crippen LogP contribution in [0.1, 0.15) is 43.7 Å². The smallest absolute Gasteiger partial charge is 0.198 e. The van der Waals surface area contributed by atoms with E-state index in [0.717, 1.165) is 18.2 Å². The van der Waals surface area contributed by atoms with E-state index in [-0.39, 0.29) is 5.78 Å². The lowest BCUT2D eigenvalue weighted by Crippen LogP contribution is -1.95. The van der Waals surface area contributed by atoms with Crippen LogP contribution in [0.3, 0.4) is 0 Å². The highest BCUT2D eigenvalue weighted by Crippen LogP contribution is 2.29. The molecule has 1 aromatic heterocycles. The van der Waals surface area contributed by atoms with E-state index >= 15 is 0 Å². The molecule has 3 heteroatoms. The van der Waals surface area contributed by atoms with Crippen LogP contribution in [0, 0.1) is 0 Å². The number of para-hydroxylation sites is 1. The monoisotopic (exact) mass is 246 g/mol. The van der Waals surface area contributed by atoms with Gasteiger partial charge in [-0.1, -0.05) is 26.0 Å². The number of rotatable bonds is 6. The number of furan rings is 1. The van der Waals surface area contributed by atoms with E-state index in [4.69, 9.17) is 9.15 Å². The maximum atomic E-state index is 11.8. The molecule has 0 aliphatic rings. The van der Waals surface area contributed by atoms with Crippen molar-refractivity contribution in [3.05, 3.63) is 30.0 Å². The minimum atomic E-state index is 0.0511. The molecule has 0 aliphatic carbocycles. The number of hydrogen-bond acceptors (Lipinski definition) is 3. The third-order valence-electron chi connectivity index (χ3n) is 2.72. The van der Waals surface area contributed by atoms with E-state index in [0.29, 0.717) is 30.1 Å². The number of ketones is 1. The molecule has 0 fully saturated rings. The van der Waals surface area contributed by atoms with Crippen LogP contribution in [-0.2, 0) is 0 Å². The normalized spacial score (nSPS) is 10.8. The number of fused-ring (bicyclic) bond motifs is 1. The number of Topliss-reactive ketones (excluding diaryl/α,β-unsaturated/α-hetero) is 1. The first-order valence-corrected chi connectivity index (χ1v) is 6.44. The fourth-order valence-electron chi connectivity index (χ4n) is 1.85. The Morgan fingerprint density at radius 2 is 2.11 bits per heavy atom. The summed E-state index contributed by atoms with van der Waals surface area (Å²) < 4.78 is 11.3. The number of benzene rings is 1. The molecule has 96 valence electrons. The van der Waals surface area contributed by atoms with Crippen molar-refractivity contribution < 1.29 is 13.9 Å². The second-order valence-electron chi connectivity index (χ2n) is 4.31. The van der Waals surface area contributed by atoms with Crippen LogP contribution in [0.25, 0.3) is 11.0 Å². The molecule has 0 atom stereocenters. The first-order valence-electron chi connectivity index (χ1n) is 6.44. The van der Waals surface area contributed by atoms with Crippen molar-refractivity contribution >= 4 is 16.8 Å². The maximum Gasteiger partial charge on any atom is 0.198 e. The van der Waals surface area contributed by atoms with Gasteiger partial charge in [0, 0.05) is 11.8 Å². The van der Waals surface area contributed by atoms with Crippen LogP contribution in [0.5, 0.6) is 5.75 Å². The largest absolute Gasteiger partial charge is 0.490 e. The lowest BCUT2D eigenvalue weighted by Gasteiger charge is -2.03. The number of carbonyl (C=O) groups excluding carboxylic acids is 1. The Labute approximate surface area is 107 Å². The van der Waals surface area contributed by atoms with Crippen molar-refractivity contribution in [1.82, 2.24) is 0 Å². The third-order valence-corrected chi connectivity index (χ3v) is 2.72. The predicted molar refractivity (Wildman–Crippen MR) is 71.2 cm³/mol. The highest BCUT2D eigenvalue weighted by atomic mass is 16.5. The molecular formula is C15H18O3. The molecule has 0 bridgehead atoms. The average molecular weight is 246 g/mol. The van der Waals surface area contributed by atoms with Crippen LogP contribution >= 0.6 is 0 Å². The van der Waals surface area contributed by atoms with Gasteiger partial charge in [-0.05, 0) is 25.0 Å². The van der Waals surface area contributed by atoms with Crippen molar-refractivity contribution in [2.75, 3.05) is 6.61 Å². The van der Waals surface area contributed by atoms with Gasteiger partial charge in [0.15, 0.2) is 22.9 Å². The van der Waals surface area contributed by atoms with E-state index in [1.54, 1.807) is 6.07 Å². The molecule has 2 rings (SSSR count). The van der Waals surface area contributed by atoms with E-state index in [1.165, 1.54) is 0 Å². The van der Waals surface area contributed by atoms with Gasteiger partial charge in [0.1, 0.15) is 0 Å². The summed E-state index contributed by atoms with van der Waals surface area (Å²) in [4.78, 5) is 11.8. The van der Waals surface area contributed by atoms with E-state index in [2.05, 4.69) is 6.92 Å². The number of carbonyl (C=O) groups is 1. The molecule has 1 aromatic carbocycles. The number of ether oxygens (including phenoxy) is 1. The highest BCUT2D eigenvalue weighted by molar-refractivity contribution is 5.98. The van der Waals surface area contributed by atoms with Crippen molar-refractivity contribution in [1.29, 1.82) is 0 Å². The fourth-order valence-corrected chi connectivity index (χ4v) is 1.85. The van der Waals surface area contributed by atoms with Gasteiger partial charge in [-0.25, -0.2) is 0 Å². The molecule has 0 radical (unpaired) electrons. The molecule has 0 amide bonds. The Morgan fingerprint density at radius 3 is 2.83 bits per heavy atom. The fraction of sp³-hybridized carbons (Fsp3) is 0.400. The first kappa shape index (κ1) is 12.7. The molecule has 3 nitrogen and oxygen atoms in total. The summed E-state index contributed by atoms with van der Waals surface area (Å²) in [7, 11) is 0. The van der Waals surface area contributed by atoms with E-state index < -0.39 is 0 Å². The van der Waals surface area contributed by atoms with Gasteiger partial charge in [-0.2, -0.15) is 0 Å². The molecule has 0 saturated carbocycles. The van der Waals surface area contributed by atoms with Crippen LogP contribution in [0.4, 0.5) is 0 Å². The maximum absolute atomic E-state index is 11.8. The number of hydrogen-bond donors (Lipinski definition) is 0. The first-order chi connectivity index (χ1) is 8.76. The summed E-state index contributed by atoms with van der Waals surface area (Å²) in [6.07, 6.45) is 2.29. The Morgan fingerprint density at radius 1 is 1.28 bits per heavy atom. The van der Waals surface area contributed by atoms with Crippen molar-refractivity contribution in [3.8, 4) is 5.75 Å². The Kier molecular flexibility index (Phi) is 4.03. The zero-order valence-electron chi connectivity index (χ0n) is 10.9. The minimum absolute atomic E-state index is 0.0511. The Balaban J connectivity index is 2.34. The van der Waals surface area contributed by atoms with Crippen LogP contribution < -0.4 is 4.74 Å². The van der Waals surface area contributed by atoms with Crippen molar-refractivity contribution in [3.63, 3.8) is 0 Å². The van der Waals surface area contributed by atoms with Crippen molar-refractivity contribution in [2.24, 2.45) is 0 Å². The second kappa shape index (κ2) is 5.71. The van der Waals surface area contributed by atoms with Crippen LogP contribution in [0.2, 0.25) is 0 Å². The van der Waals surface area contributed by atoms with Crippen LogP contribution in [-0.4, -0.2) is 12.4 Å². The zero-order chi connectivity index (χ0) is 13.0. The lowest BCUT2D eigenvalue weighted by molar-refractivity contribution is 0.0957. The lowest BCUT2D eigenvalue weighted by atomic mass is 10.2. The van der Waals surface area contributed by atoms with E-state index in [1.807, 2.05) is 25.1 Å². The average Bonchev–Trinajstić information content (AvgIpc) is 2.81. The molecule has 0 unspecified atom stereocenters. The minimum Gasteiger partial charge on any atom is -0.490 e. The molecule has 0 aliphatic heterocycles. The van der Waals surface area contributed by atoms with Gasteiger partial charge >= 0.3 is 0 Å². The highest BCUT2D eigenvalue weighted by Gasteiger charge is 2.14. The van der Waals surface area contributed by atoms with Crippen LogP contribution in [0.15, 0.2) is 28.7 Å². The third kappa shape index (κ3) is 2.55. The molecule has 0 N–H and O–H groups in total. The van der Waals surface area contributed by atoms with Gasteiger partial charge in [-0.15, -0.1) is 0 Å².